The van der Waals surface area contributed by atoms with E-state index in [0.717, 1.165) is 23.5 Å². The van der Waals surface area contributed by atoms with E-state index in [0.29, 0.717) is 0 Å². The molecule has 3 rings (SSSR count). The summed E-state index contributed by atoms with van der Waals surface area (Å²) in [6, 6.07) is 7.06. The number of anilines is 1. The number of rotatable bonds is 4. The van der Waals surface area contributed by atoms with Crippen molar-refractivity contribution in [2.24, 2.45) is 5.92 Å². The first-order valence-electron chi connectivity index (χ1n) is 6.99. The normalized spacial score (nSPS) is 23.7. The number of hydrogen-bond donors (Lipinski definition) is 1. The molecule has 1 unspecified atom stereocenters. The van der Waals surface area contributed by atoms with Crippen molar-refractivity contribution in [1.29, 1.82) is 0 Å². The SMILES string of the molecule is CC1CCN(c2ccc(Cl)cc2CNC2CC2)C1. The maximum atomic E-state index is 6.14. The standard InChI is InChI=1S/C15H21ClN2/c1-11-6-7-18(10-11)15-5-2-13(16)8-12(15)9-17-14-3-4-14/h2,5,8,11,14,17H,3-4,6-7,9-10H2,1H3. The van der Waals surface area contributed by atoms with Crippen LogP contribution in [0.1, 0.15) is 31.7 Å². The van der Waals surface area contributed by atoms with Gasteiger partial charge in [0.25, 0.3) is 0 Å². The molecule has 98 valence electrons. The summed E-state index contributed by atoms with van der Waals surface area (Å²) in [5, 5.41) is 4.44. The Bertz CT molecular complexity index is 429. The van der Waals surface area contributed by atoms with Crippen LogP contribution in [0.25, 0.3) is 0 Å². The Morgan fingerprint density at radius 1 is 1.33 bits per heavy atom. The van der Waals surface area contributed by atoms with Gasteiger partial charge in [-0.2, -0.15) is 0 Å². The van der Waals surface area contributed by atoms with E-state index in [-0.39, 0.29) is 0 Å². The molecule has 1 saturated heterocycles. The van der Waals surface area contributed by atoms with Crippen LogP contribution in [0.3, 0.4) is 0 Å². The topological polar surface area (TPSA) is 15.3 Å². The van der Waals surface area contributed by atoms with Crippen LogP contribution in [0.2, 0.25) is 5.02 Å². The number of nitrogens with one attached hydrogen (secondary N) is 1. The lowest BCUT2D eigenvalue weighted by Crippen LogP contribution is -2.23. The third-order valence-corrected chi connectivity index (χ3v) is 4.20. The van der Waals surface area contributed by atoms with Gasteiger partial charge in [-0.15, -0.1) is 0 Å². The van der Waals surface area contributed by atoms with Crippen LogP contribution in [0, 0.1) is 5.92 Å². The van der Waals surface area contributed by atoms with Gasteiger partial charge in [-0.3, -0.25) is 0 Å². The van der Waals surface area contributed by atoms with Gasteiger partial charge in [0.15, 0.2) is 0 Å². The zero-order valence-corrected chi connectivity index (χ0v) is 11.7. The molecule has 1 atom stereocenters. The van der Waals surface area contributed by atoms with Gasteiger partial charge in [0.2, 0.25) is 0 Å². The van der Waals surface area contributed by atoms with Gasteiger partial charge in [-0.25, -0.2) is 0 Å². The first-order valence-corrected chi connectivity index (χ1v) is 7.37. The predicted molar refractivity (Wildman–Crippen MR) is 77.3 cm³/mol. The third-order valence-electron chi connectivity index (χ3n) is 3.96. The first-order chi connectivity index (χ1) is 8.72. The van der Waals surface area contributed by atoms with Crippen molar-refractivity contribution in [3.05, 3.63) is 28.8 Å². The van der Waals surface area contributed by atoms with Crippen molar-refractivity contribution < 1.29 is 0 Å². The van der Waals surface area contributed by atoms with E-state index < -0.39 is 0 Å². The molecule has 2 fully saturated rings. The molecule has 1 heterocycles. The molecule has 1 aromatic carbocycles. The second-order valence-electron chi connectivity index (χ2n) is 5.77. The maximum Gasteiger partial charge on any atom is 0.0412 e. The monoisotopic (exact) mass is 264 g/mol. The van der Waals surface area contributed by atoms with Crippen LogP contribution >= 0.6 is 11.6 Å². The van der Waals surface area contributed by atoms with E-state index in [9.17, 15) is 0 Å². The van der Waals surface area contributed by atoms with E-state index in [4.69, 9.17) is 11.6 Å². The molecule has 18 heavy (non-hydrogen) atoms. The Balaban J connectivity index is 1.77. The number of nitrogens with zero attached hydrogens (tertiary/aromatic N) is 1. The predicted octanol–water partition coefficient (Wildman–Crippen LogP) is 3.44. The van der Waals surface area contributed by atoms with Crippen molar-refractivity contribution in [2.45, 2.75) is 38.8 Å². The van der Waals surface area contributed by atoms with Crippen LogP contribution < -0.4 is 10.2 Å². The molecule has 1 aromatic rings. The highest BCUT2D eigenvalue weighted by molar-refractivity contribution is 6.30. The summed E-state index contributed by atoms with van der Waals surface area (Å²) in [4.78, 5) is 2.50. The van der Waals surface area contributed by atoms with Crippen LogP contribution in [0.5, 0.6) is 0 Å². The fourth-order valence-corrected chi connectivity index (χ4v) is 2.89. The average molecular weight is 265 g/mol. The number of halogens is 1. The molecular formula is C15H21ClN2. The van der Waals surface area contributed by atoms with E-state index in [1.807, 2.05) is 6.07 Å². The minimum Gasteiger partial charge on any atom is -0.371 e. The minimum absolute atomic E-state index is 0.745. The number of hydrogen-bond acceptors (Lipinski definition) is 2. The molecule has 1 N–H and O–H groups in total. The Kier molecular flexibility index (Phi) is 3.49. The minimum atomic E-state index is 0.745. The van der Waals surface area contributed by atoms with Gasteiger partial charge in [0, 0.05) is 36.4 Å². The van der Waals surface area contributed by atoms with Crippen LogP contribution in [-0.4, -0.2) is 19.1 Å². The second-order valence-corrected chi connectivity index (χ2v) is 6.20. The van der Waals surface area contributed by atoms with Gasteiger partial charge < -0.3 is 10.2 Å². The van der Waals surface area contributed by atoms with Gasteiger partial charge in [-0.1, -0.05) is 18.5 Å². The Morgan fingerprint density at radius 2 is 2.17 bits per heavy atom. The Labute approximate surface area is 114 Å². The van der Waals surface area contributed by atoms with Crippen molar-refractivity contribution in [1.82, 2.24) is 5.32 Å². The average Bonchev–Trinajstić information content (AvgIpc) is 3.08. The highest BCUT2D eigenvalue weighted by Crippen LogP contribution is 2.30. The summed E-state index contributed by atoms with van der Waals surface area (Å²) in [6.45, 7) is 5.64. The molecule has 0 aromatic heterocycles. The summed E-state index contributed by atoms with van der Waals surface area (Å²) in [7, 11) is 0. The van der Waals surface area contributed by atoms with Crippen molar-refractivity contribution in [3.8, 4) is 0 Å². The Hall–Kier alpha value is -0.730. The highest BCUT2D eigenvalue weighted by Gasteiger charge is 2.23. The zero-order chi connectivity index (χ0) is 12.5. The molecule has 1 aliphatic carbocycles. The summed E-state index contributed by atoms with van der Waals surface area (Å²) >= 11 is 6.14. The summed E-state index contributed by atoms with van der Waals surface area (Å²) in [5.41, 5.74) is 2.72. The molecule has 0 radical (unpaired) electrons. The van der Waals surface area contributed by atoms with Gasteiger partial charge in [0.1, 0.15) is 0 Å². The highest BCUT2D eigenvalue weighted by atomic mass is 35.5. The smallest absolute Gasteiger partial charge is 0.0412 e. The number of benzene rings is 1. The lowest BCUT2D eigenvalue weighted by atomic mass is 10.1. The molecule has 3 heteroatoms. The van der Waals surface area contributed by atoms with Gasteiger partial charge in [0.05, 0.1) is 0 Å². The summed E-state index contributed by atoms with van der Waals surface area (Å²) < 4.78 is 0. The summed E-state index contributed by atoms with van der Waals surface area (Å²) in [6.07, 6.45) is 3.96. The zero-order valence-electron chi connectivity index (χ0n) is 11.0. The quantitative estimate of drug-likeness (QED) is 0.896. The summed E-state index contributed by atoms with van der Waals surface area (Å²) in [5.74, 6) is 0.810. The molecule has 1 aliphatic heterocycles. The maximum absolute atomic E-state index is 6.14. The molecule has 1 saturated carbocycles. The fraction of sp³-hybridized carbons (Fsp3) is 0.600. The molecule has 2 aliphatic rings. The van der Waals surface area contributed by atoms with Gasteiger partial charge >= 0.3 is 0 Å². The molecular weight excluding hydrogens is 244 g/mol. The van der Waals surface area contributed by atoms with Crippen molar-refractivity contribution in [2.75, 3.05) is 18.0 Å². The van der Waals surface area contributed by atoms with Crippen LogP contribution in [0.4, 0.5) is 5.69 Å². The van der Waals surface area contributed by atoms with E-state index in [1.165, 1.54) is 43.6 Å². The molecule has 2 nitrogen and oxygen atoms in total. The lowest BCUT2D eigenvalue weighted by molar-refractivity contribution is 0.658. The fourth-order valence-electron chi connectivity index (χ4n) is 2.70. The van der Waals surface area contributed by atoms with E-state index >= 15 is 0 Å². The van der Waals surface area contributed by atoms with Crippen molar-refractivity contribution >= 4 is 17.3 Å². The molecule has 0 amide bonds. The molecule has 0 bridgehead atoms. The van der Waals surface area contributed by atoms with Crippen molar-refractivity contribution in [3.63, 3.8) is 0 Å². The largest absolute Gasteiger partial charge is 0.371 e. The lowest BCUT2D eigenvalue weighted by Gasteiger charge is -2.22. The van der Waals surface area contributed by atoms with Gasteiger partial charge in [-0.05, 0) is 48.9 Å². The molecule has 0 spiro atoms. The third kappa shape index (κ3) is 2.81. The Morgan fingerprint density at radius 3 is 2.83 bits per heavy atom. The van der Waals surface area contributed by atoms with Crippen LogP contribution in [0.15, 0.2) is 18.2 Å². The first kappa shape index (κ1) is 12.3. The van der Waals surface area contributed by atoms with E-state index in [1.54, 1.807) is 0 Å². The van der Waals surface area contributed by atoms with E-state index in [2.05, 4.69) is 29.3 Å². The van der Waals surface area contributed by atoms with Crippen LogP contribution in [-0.2, 0) is 6.54 Å². The second kappa shape index (κ2) is 5.10.